The predicted octanol–water partition coefficient (Wildman–Crippen LogP) is 1.65. The zero-order valence-corrected chi connectivity index (χ0v) is 11.6. The van der Waals surface area contributed by atoms with Gasteiger partial charge in [-0.05, 0) is 13.8 Å². The number of carbonyl (C=O) groups excluding carboxylic acids is 1. The number of aromatic nitrogens is 1. The van der Waals surface area contributed by atoms with Crippen LogP contribution in [-0.4, -0.2) is 40.1 Å². The van der Waals surface area contributed by atoms with Crippen LogP contribution in [0.15, 0.2) is 5.38 Å². The minimum atomic E-state index is -0.0191. The normalized spacial score (nSPS) is 10.9. The summed E-state index contributed by atoms with van der Waals surface area (Å²) >= 11 is 7.10. The molecule has 0 aromatic carbocycles. The molecule has 0 saturated heterocycles. The molecular weight excluding hydrogens is 260 g/mol. The second kappa shape index (κ2) is 6.93. The molecule has 0 saturated carbocycles. The van der Waals surface area contributed by atoms with Crippen LogP contribution in [0.2, 0.25) is 0 Å². The van der Waals surface area contributed by atoms with E-state index >= 15 is 0 Å². The van der Waals surface area contributed by atoms with Gasteiger partial charge in [0.05, 0.1) is 24.6 Å². The first kappa shape index (κ1) is 14.4. The molecule has 1 heterocycles. The molecule has 0 unspecified atom stereocenters. The van der Waals surface area contributed by atoms with Crippen LogP contribution in [0.4, 0.5) is 0 Å². The molecule has 0 bridgehead atoms. The van der Waals surface area contributed by atoms with Crippen molar-refractivity contribution in [2.24, 2.45) is 0 Å². The van der Waals surface area contributed by atoms with Crippen molar-refractivity contribution >= 4 is 28.8 Å². The highest BCUT2D eigenvalue weighted by atomic mass is 35.5. The Hall–Kier alpha value is -0.650. The van der Waals surface area contributed by atoms with Crippen LogP contribution < -0.4 is 0 Å². The monoisotopic (exact) mass is 276 g/mol. The Bertz CT molecular complexity index is 368. The molecular formula is C11H17ClN2O2S. The van der Waals surface area contributed by atoms with Gasteiger partial charge in [0.15, 0.2) is 0 Å². The number of thiazole rings is 1. The summed E-state index contributed by atoms with van der Waals surface area (Å²) in [6.45, 7) is 4.21. The highest BCUT2D eigenvalue weighted by Crippen LogP contribution is 2.13. The molecule has 4 nitrogen and oxygen atoms in total. The Morgan fingerprint density at radius 3 is 2.82 bits per heavy atom. The lowest BCUT2D eigenvalue weighted by Gasteiger charge is -2.25. The molecule has 0 aliphatic rings. The first-order valence-corrected chi connectivity index (χ1v) is 6.89. The van der Waals surface area contributed by atoms with Gasteiger partial charge in [-0.2, -0.15) is 0 Å². The standard InChI is InChI=1S/C11H17ClN2O2S/c1-8(2)14(3-4-15)11(16)5-10-13-9(6-12)7-17-10/h7-8,15H,3-6H2,1-2H3. The number of halogens is 1. The third-order valence-corrected chi connectivity index (χ3v) is 3.49. The lowest BCUT2D eigenvalue weighted by atomic mass is 10.2. The maximum Gasteiger partial charge on any atom is 0.229 e. The van der Waals surface area contributed by atoms with Crippen LogP contribution in [0, 0.1) is 0 Å². The van der Waals surface area contributed by atoms with Gasteiger partial charge in [-0.25, -0.2) is 4.98 Å². The fourth-order valence-electron chi connectivity index (χ4n) is 1.50. The number of nitrogens with zero attached hydrogens (tertiary/aromatic N) is 2. The van der Waals surface area contributed by atoms with Crippen molar-refractivity contribution in [3.63, 3.8) is 0 Å². The van der Waals surface area contributed by atoms with Gasteiger partial charge in [0, 0.05) is 18.0 Å². The van der Waals surface area contributed by atoms with Crippen LogP contribution in [-0.2, 0) is 17.1 Å². The number of alkyl halides is 1. The van der Waals surface area contributed by atoms with E-state index in [4.69, 9.17) is 16.7 Å². The van der Waals surface area contributed by atoms with Crippen molar-refractivity contribution < 1.29 is 9.90 Å². The van der Waals surface area contributed by atoms with Crippen LogP contribution in [0.25, 0.3) is 0 Å². The lowest BCUT2D eigenvalue weighted by molar-refractivity contribution is -0.132. The third-order valence-electron chi connectivity index (χ3n) is 2.32. The zero-order chi connectivity index (χ0) is 12.8. The van der Waals surface area contributed by atoms with Gasteiger partial charge in [-0.3, -0.25) is 4.79 Å². The summed E-state index contributed by atoms with van der Waals surface area (Å²) in [6, 6.07) is 0.0853. The van der Waals surface area contributed by atoms with Crippen molar-refractivity contribution in [2.75, 3.05) is 13.2 Å². The topological polar surface area (TPSA) is 53.4 Å². The summed E-state index contributed by atoms with van der Waals surface area (Å²) in [5, 5.41) is 11.6. The van der Waals surface area contributed by atoms with Crippen molar-refractivity contribution in [1.29, 1.82) is 0 Å². The average molecular weight is 277 g/mol. The molecule has 1 amide bonds. The van der Waals surface area contributed by atoms with Gasteiger partial charge in [-0.15, -0.1) is 22.9 Å². The molecule has 0 radical (unpaired) electrons. The van der Waals surface area contributed by atoms with Gasteiger partial charge < -0.3 is 10.0 Å². The van der Waals surface area contributed by atoms with E-state index in [0.29, 0.717) is 12.4 Å². The summed E-state index contributed by atoms with van der Waals surface area (Å²) < 4.78 is 0. The highest BCUT2D eigenvalue weighted by molar-refractivity contribution is 7.09. The second-order valence-corrected chi connectivity index (χ2v) is 5.16. The van der Waals surface area contributed by atoms with Gasteiger partial charge in [-0.1, -0.05) is 0 Å². The quantitative estimate of drug-likeness (QED) is 0.804. The van der Waals surface area contributed by atoms with E-state index in [2.05, 4.69) is 4.98 Å². The highest BCUT2D eigenvalue weighted by Gasteiger charge is 2.17. The van der Waals surface area contributed by atoms with Crippen molar-refractivity contribution in [1.82, 2.24) is 9.88 Å². The Morgan fingerprint density at radius 2 is 2.35 bits per heavy atom. The fourth-order valence-corrected chi connectivity index (χ4v) is 2.51. The molecule has 96 valence electrons. The minimum absolute atomic E-state index is 0.00970. The Morgan fingerprint density at radius 1 is 1.65 bits per heavy atom. The zero-order valence-electron chi connectivity index (χ0n) is 10.0. The van der Waals surface area contributed by atoms with E-state index in [0.717, 1.165) is 10.7 Å². The van der Waals surface area contributed by atoms with Crippen molar-refractivity contribution in [3.8, 4) is 0 Å². The number of rotatable bonds is 6. The molecule has 17 heavy (non-hydrogen) atoms. The van der Waals surface area contributed by atoms with Crippen LogP contribution in [0.3, 0.4) is 0 Å². The summed E-state index contributed by atoms with van der Waals surface area (Å²) in [5.41, 5.74) is 0.803. The molecule has 1 aromatic rings. The molecule has 1 N–H and O–H groups in total. The van der Waals surface area contributed by atoms with E-state index < -0.39 is 0 Å². The van der Waals surface area contributed by atoms with E-state index in [-0.39, 0.29) is 25.0 Å². The first-order chi connectivity index (χ1) is 8.08. The smallest absolute Gasteiger partial charge is 0.229 e. The number of aliphatic hydroxyl groups excluding tert-OH is 1. The maximum atomic E-state index is 12.0. The Balaban J connectivity index is 2.62. The molecule has 0 fully saturated rings. The predicted molar refractivity (Wildman–Crippen MR) is 69.3 cm³/mol. The van der Waals surface area contributed by atoms with Gasteiger partial charge in [0.1, 0.15) is 5.01 Å². The fraction of sp³-hybridized carbons (Fsp3) is 0.636. The number of hydrogen-bond acceptors (Lipinski definition) is 4. The summed E-state index contributed by atoms with van der Waals surface area (Å²) in [6.07, 6.45) is 0.278. The van der Waals surface area contributed by atoms with Gasteiger partial charge in [0.2, 0.25) is 5.91 Å². The Kier molecular flexibility index (Phi) is 5.88. The molecule has 1 rings (SSSR count). The lowest BCUT2D eigenvalue weighted by Crippen LogP contribution is -2.39. The molecule has 0 aliphatic heterocycles. The van der Waals surface area contributed by atoms with Gasteiger partial charge >= 0.3 is 0 Å². The van der Waals surface area contributed by atoms with Crippen LogP contribution >= 0.6 is 22.9 Å². The first-order valence-electron chi connectivity index (χ1n) is 5.48. The Labute approximate surface area is 110 Å². The second-order valence-electron chi connectivity index (χ2n) is 3.95. The van der Waals surface area contributed by atoms with E-state index in [9.17, 15) is 4.79 Å². The molecule has 0 atom stereocenters. The molecule has 6 heteroatoms. The van der Waals surface area contributed by atoms with E-state index in [1.807, 2.05) is 19.2 Å². The molecule has 0 spiro atoms. The SMILES string of the molecule is CC(C)N(CCO)C(=O)Cc1nc(CCl)cs1. The van der Waals surface area contributed by atoms with Crippen molar-refractivity contribution in [3.05, 3.63) is 16.1 Å². The number of aliphatic hydroxyl groups is 1. The van der Waals surface area contributed by atoms with Crippen LogP contribution in [0.1, 0.15) is 24.5 Å². The molecule has 0 aliphatic carbocycles. The average Bonchev–Trinajstić information content (AvgIpc) is 2.72. The van der Waals surface area contributed by atoms with Crippen LogP contribution in [0.5, 0.6) is 0 Å². The summed E-state index contributed by atoms with van der Waals surface area (Å²) in [4.78, 5) is 17.9. The maximum absolute atomic E-state index is 12.0. The van der Waals surface area contributed by atoms with Gasteiger partial charge in [0.25, 0.3) is 0 Å². The summed E-state index contributed by atoms with van der Waals surface area (Å²) in [5.74, 6) is 0.361. The summed E-state index contributed by atoms with van der Waals surface area (Å²) in [7, 11) is 0. The largest absolute Gasteiger partial charge is 0.395 e. The number of carbonyl (C=O) groups is 1. The van der Waals surface area contributed by atoms with E-state index in [1.54, 1.807) is 4.90 Å². The number of amides is 1. The number of hydrogen-bond donors (Lipinski definition) is 1. The van der Waals surface area contributed by atoms with E-state index in [1.165, 1.54) is 11.3 Å². The minimum Gasteiger partial charge on any atom is -0.395 e. The molecule has 1 aromatic heterocycles. The van der Waals surface area contributed by atoms with Crippen molar-refractivity contribution in [2.45, 2.75) is 32.2 Å². The third kappa shape index (κ3) is 4.26.